The van der Waals surface area contributed by atoms with E-state index in [-0.39, 0.29) is 0 Å². The van der Waals surface area contributed by atoms with Crippen molar-refractivity contribution < 1.29 is 4.79 Å². The molecule has 1 aliphatic rings. The van der Waals surface area contributed by atoms with Gasteiger partial charge in [-0.05, 0) is 70.6 Å². The molecule has 2 rings (SSSR count). The van der Waals surface area contributed by atoms with Gasteiger partial charge in [0.25, 0.3) is 0 Å². The number of nitrogens with zero attached hydrogens (tertiary/aromatic N) is 3. The Hall–Kier alpha value is -1.16. The molecular weight excluding hydrogens is 286 g/mol. The highest BCUT2D eigenvalue weighted by atomic mass is 16.1. The van der Waals surface area contributed by atoms with E-state index in [1.807, 2.05) is 6.20 Å². The SMILES string of the molecule is CC(=O)CCCCCCCN1CCC(Cn2cc(C)cn2)CC1. The highest BCUT2D eigenvalue weighted by Gasteiger charge is 2.19. The molecule has 0 bridgehead atoms. The molecule has 1 fully saturated rings. The van der Waals surface area contributed by atoms with Gasteiger partial charge in [0.05, 0.1) is 6.20 Å². The van der Waals surface area contributed by atoms with E-state index in [0.717, 1.165) is 25.3 Å². The second-order valence-electron chi connectivity index (χ2n) is 7.24. The minimum Gasteiger partial charge on any atom is -0.303 e. The number of rotatable bonds is 10. The minimum atomic E-state index is 0.332. The number of carbonyl (C=O) groups excluding carboxylic acids is 1. The van der Waals surface area contributed by atoms with Gasteiger partial charge in [0, 0.05) is 19.2 Å². The molecule has 0 amide bonds. The maximum absolute atomic E-state index is 10.9. The van der Waals surface area contributed by atoms with Gasteiger partial charge in [-0.1, -0.05) is 19.3 Å². The molecule has 4 heteroatoms. The predicted molar refractivity (Wildman–Crippen MR) is 94.5 cm³/mol. The molecule has 23 heavy (non-hydrogen) atoms. The van der Waals surface area contributed by atoms with Crippen LogP contribution in [0.1, 0.15) is 63.9 Å². The maximum atomic E-state index is 10.9. The van der Waals surface area contributed by atoms with Crippen LogP contribution in [0.4, 0.5) is 0 Å². The Morgan fingerprint density at radius 1 is 1.17 bits per heavy atom. The van der Waals surface area contributed by atoms with Crippen molar-refractivity contribution in [2.24, 2.45) is 5.92 Å². The van der Waals surface area contributed by atoms with Crippen molar-refractivity contribution in [1.29, 1.82) is 0 Å². The number of Topliss-reactive ketones (excluding diaryl/α,β-unsaturated/α-hetero) is 1. The summed E-state index contributed by atoms with van der Waals surface area (Å²) in [6, 6.07) is 0. The number of aryl methyl sites for hydroxylation is 1. The van der Waals surface area contributed by atoms with Gasteiger partial charge in [-0.3, -0.25) is 4.68 Å². The van der Waals surface area contributed by atoms with Crippen molar-refractivity contribution >= 4 is 5.78 Å². The second-order valence-corrected chi connectivity index (χ2v) is 7.24. The lowest BCUT2D eigenvalue weighted by molar-refractivity contribution is -0.117. The van der Waals surface area contributed by atoms with Crippen LogP contribution in [0.2, 0.25) is 0 Å². The molecule has 0 saturated carbocycles. The Kier molecular flexibility index (Phi) is 7.80. The average molecular weight is 319 g/mol. The van der Waals surface area contributed by atoms with Gasteiger partial charge in [0.2, 0.25) is 0 Å². The lowest BCUT2D eigenvalue weighted by Gasteiger charge is -2.31. The molecule has 4 nitrogen and oxygen atoms in total. The van der Waals surface area contributed by atoms with Gasteiger partial charge in [0.15, 0.2) is 0 Å². The van der Waals surface area contributed by atoms with Crippen molar-refractivity contribution in [1.82, 2.24) is 14.7 Å². The Bertz CT molecular complexity index is 461. The van der Waals surface area contributed by atoms with Crippen molar-refractivity contribution in [3.63, 3.8) is 0 Å². The Morgan fingerprint density at radius 3 is 2.52 bits per heavy atom. The van der Waals surface area contributed by atoms with Crippen LogP contribution in [-0.4, -0.2) is 40.1 Å². The molecule has 0 N–H and O–H groups in total. The normalized spacial score (nSPS) is 16.8. The summed E-state index contributed by atoms with van der Waals surface area (Å²) in [5.41, 5.74) is 1.26. The van der Waals surface area contributed by atoms with E-state index in [1.165, 1.54) is 63.7 Å². The standard InChI is InChI=1S/C19H33N3O/c1-17-14-20-22(15-17)16-19-9-12-21(13-10-19)11-7-5-3-4-6-8-18(2)23/h14-15,19H,3-13,16H2,1-2H3. The van der Waals surface area contributed by atoms with E-state index in [4.69, 9.17) is 0 Å². The van der Waals surface area contributed by atoms with Crippen LogP contribution in [-0.2, 0) is 11.3 Å². The van der Waals surface area contributed by atoms with E-state index in [0.29, 0.717) is 5.78 Å². The topological polar surface area (TPSA) is 38.1 Å². The first-order chi connectivity index (χ1) is 11.1. The first kappa shape index (κ1) is 18.2. The predicted octanol–water partition coefficient (Wildman–Crippen LogP) is 3.83. The smallest absolute Gasteiger partial charge is 0.129 e. The summed E-state index contributed by atoms with van der Waals surface area (Å²) >= 11 is 0. The number of hydrogen-bond acceptors (Lipinski definition) is 3. The summed E-state index contributed by atoms with van der Waals surface area (Å²) in [5.74, 6) is 1.12. The summed E-state index contributed by atoms with van der Waals surface area (Å²) < 4.78 is 2.11. The summed E-state index contributed by atoms with van der Waals surface area (Å²) in [7, 11) is 0. The van der Waals surface area contributed by atoms with Crippen LogP contribution < -0.4 is 0 Å². The molecule has 0 spiro atoms. The third-order valence-corrected chi connectivity index (χ3v) is 4.92. The largest absolute Gasteiger partial charge is 0.303 e. The van der Waals surface area contributed by atoms with Gasteiger partial charge in [-0.2, -0.15) is 5.10 Å². The highest BCUT2D eigenvalue weighted by Crippen LogP contribution is 2.19. The molecule has 130 valence electrons. The zero-order valence-electron chi connectivity index (χ0n) is 15.0. The Morgan fingerprint density at radius 2 is 1.87 bits per heavy atom. The first-order valence-corrected chi connectivity index (χ1v) is 9.34. The third-order valence-electron chi connectivity index (χ3n) is 4.92. The van der Waals surface area contributed by atoms with E-state index in [9.17, 15) is 4.79 Å². The third kappa shape index (κ3) is 7.30. The fourth-order valence-electron chi connectivity index (χ4n) is 3.46. The molecule has 1 saturated heterocycles. The average Bonchev–Trinajstić information content (AvgIpc) is 2.93. The van der Waals surface area contributed by atoms with Crippen LogP contribution in [0.25, 0.3) is 0 Å². The molecule has 0 atom stereocenters. The van der Waals surface area contributed by atoms with Gasteiger partial charge < -0.3 is 9.69 Å². The van der Waals surface area contributed by atoms with Crippen LogP contribution in [0.15, 0.2) is 12.4 Å². The summed E-state index contributed by atoms with van der Waals surface area (Å²) in [5, 5.41) is 4.41. The number of likely N-dealkylation sites (tertiary alicyclic amines) is 1. The Labute approximate surface area is 141 Å². The summed E-state index contributed by atoms with van der Waals surface area (Å²) in [6.07, 6.45) is 13.7. The molecule has 0 aromatic carbocycles. The zero-order chi connectivity index (χ0) is 16.5. The molecule has 2 heterocycles. The van der Waals surface area contributed by atoms with Crippen LogP contribution in [0, 0.1) is 12.8 Å². The number of hydrogen-bond donors (Lipinski definition) is 0. The fraction of sp³-hybridized carbons (Fsp3) is 0.789. The van der Waals surface area contributed by atoms with Crippen LogP contribution in [0.5, 0.6) is 0 Å². The molecule has 1 aromatic rings. The first-order valence-electron chi connectivity index (χ1n) is 9.34. The number of unbranched alkanes of at least 4 members (excludes halogenated alkanes) is 4. The number of ketones is 1. The highest BCUT2D eigenvalue weighted by molar-refractivity contribution is 5.75. The van der Waals surface area contributed by atoms with Crippen LogP contribution in [0.3, 0.4) is 0 Å². The van der Waals surface area contributed by atoms with Gasteiger partial charge in [-0.15, -0.1) is 0 Å². The number of piperidine rings is 1. The molecule has 0 radical (unpaired) electrons. The molecule has 0 unspecified atom stereocenters. The fourth-order valence-corrected chi connectivity index (χ4v) is 3.46. The van der Waals surface area contributed by atoms with E-state index < -0.39 is 0 Å². The number of carbonyl (C=O) groups is 1. The van der Waals surface area contributed by atoms with E-state index in [1.54, 1.807) is 6.92 Å². The monoisotopic (exact) mass is 319 g/mol. The lowest BCUT2D eigenvalue weighted by Crippen LogP contribution is -2.35. The van der Waals surface area contributed by atoms with Crippen LogP contribution >= 0.6 is 0 Å². The molecular formula is C19H33N3O. The van der Waals surface area contributed by atoms with Crippen molar-refractivity contribution in [3.8, 4) is 0 Å². The Balaban J connectivity index is 1.49. The van der Waals surface area contributed by atoms with Crippen molar-refractivity contribution in [2.75, 3.05) is 19.6 Å². The molecule has 0 aliphatic carbocycles. The van der Waals surface area contributed by atoms with Crippen molar-refractivity contribution in [3.05, 3.63) is 18.0 Å². The van der Waals surface area contributed by atoms with Gasteiger partial charge in [-0.25, -0.2) is 0 Å². The quantitative estimate of drug-likeness (QED) is 0.615. The van der Waals surface area contributed by atoms with Gasteiger partial charge >= 0.3 is 0 Å². The van der Waals surface area contributed by atoms with E-state index >= 15 is 0 Å². The van der Waals surface area contributed by atoms with Crippen molar-refractivity contribution in [2.45, 2.75) is 71.8 Å². The zero-order valence-corrected chi connectivity index (χ0v) is 15.0. The molecule has 1 aliphatic heterocycles. The number of aromatic nitrogens is 2. The lowest BCUT2D eigenvalue weighted by atomic mass is 9.96. The van der Waals surface area contributed by atoms with Gasteiger partial charge in [0.1, 0.15) is 5.78 Å². The van der Waals surface area contributed by atoms with E-state index in [2.05, 4.69) is 27.8 Å². The summed E-state index contributed by atoms with van der Waals surface area (Å²) in [4.78, 5) is 13.5. The second kappa shape index (κ2) is 9.86. The minimum absolute atomic E-state index is 0.332. The summed E-state index contributed by atoms with van der Waals surface area (Å²) in [6.45, 7) is 8.62. The maximum Gasteiger partial charge on any atom is 0.129 e. The molecule has 1 aromatic heterocycles.